The molecule has 0 saturated heterocycles. The number of carbonyl (C=O) groups is 1. The highest BCUT2D eigenvalue weighted by molar-refractivity contribution is 5.67. The number of carbonyl (C=O) groups excluding carboxylic acids is 1. The summed E-state index contributed by atoms with van der Waals surface area (Å²) in [5.74, 6) is 0.809. The summed E-state index contributed by atoms with van der Waals surface area (Å²) < 4.78 is 16.1. The topological polar surface area (TPSA) is 68.8 Å². The van der Waals surface area contributed by atoms with E-state index in [9.17, 15) is 4.79 Å². The summed E-state index contributed by atoms with van der Waals surface area (Å²) in [4.78, 5) is 11.5. The molecule has 0 aromatic carbocycles. The van der Waals surface area contributed by atoms with E-state index in [-0.39, 0.29) is 12.1 Å². The number of amides is 1. The van der Waals surface area contributed by atoms with E-state index in [1.165, 1.54) is 12.8 Å². The second kappa shape index (κ2) is 10.8. The van der Waals surface area contributed by atoms with Crippen LogP contribution in [0, 0.1) is 5.92 Å². The second-order valence-electron chi connectivity index (χ2n) is 7.20. The predicted octanol–water partition coefficient (Wildman–Crippen LogP) is 2.32. The Morgan fingerprint density at radius 1 is 1.26 bits per heavy atom. The van der Waals surface area contributed by atoms with Crippen molar-refractivity contribution < 1.29 is 19.0 Å². The number of nitrogens with one attached hydrogen (secondary N) is 2. The number of rotatable bonds is 12. The minimum Gasteiger partial charge on any atom is -0.444 e. The molecule has 6 heteroatoms. The summed E-state index contributed by atoms with van der Waals surface area (Å²) in [7, 11) is 1.71. The molecular formula is C17H34N2O4. The van der Waals surface area contributed by atoms with Gasteiger partial charge >= 0.3 is 6.09 Å². The second-order valence-corrected chi connectivity index (χ2v) is 7.20. The number of ether oxygens (including phenoxy) is 3. The molecule has 136 valence electrons. The smallest absolute Gasteiger partial charge is 0.407 e. The van der Waals surface area contributed by atoms with Crippen molar-refractivity contribution in [3.8, 4) is 0 Å². The van der Waals surface area contributed by atoms with Crippen molar-refractivity contribution in [3.63, 3.8) is 0 Å². The van der Waals surface area contributed by atoms with Gasteiger partial charge < -0.3 is 24.8 Å². The number of alkyl carbamates (subject to hydrolysis) is 1. The zero-order chi connectivity index (χ0) is 17.1. The maximum Gasteiger partial charge on any atom is 0.407 e. The van der Waals surface area contributed by atoms with Gasteiger partial charge in [0.1, 0.15) is 5.60 Å². The van der Waals surface area contributed by atoms with Crippen LogP contribution in [0.15, 0.2) is 0 Å². The van der Waals surface area contributed by atoms with Gasteiger partial charge in [0, 0.05) is 32.8 Å². The zero-order valence-electron chi connectivity index (χ0n) is 15.2. The van der Waals surface area contributed by atoms with Crippen LogP contribution in [0.3, 0.4) is 0 Å². The van der Waals surface area contributed by atoms with Gasteiger partial charge in [0.05, 0.1) is 13.2 Å². The normalized spacial score (nSPS) is 16.2. The molecule has 0 bridgehead atoms. The lowest BCUT2D eigenvalue weighted by Crippen LogP contribution is -2.37. The van der Waals surface area contributed by atoms with E-state index in [0.29, 0.717) is 13.2 Å². The average molecular weight is 330 g/mol. The highest BCUT2D eigenvalue weighted by Gasteiger charge is 2.21. The standard InChI is InChI=1S/C17H34N2O4/c1-17(2,3)23-16(20)19-9-5-6-15(13-21-4)18-10-11-22-12-14-7-8-14/h14-15,18H,5-13H2,1-4H3,(H,19,20). The lowest BCUT2D eigenvalue weighted by atomic mass is 10.1. The van der Waals surface area contributed by atoms with Crippen LogP contribution in [0.5, 0.6) is 0 Å². The highest BCUT2D eigenvalue weighted by Crippen LogP contribution is 2.28. The number of methoxy groups -OCH3 is 1. The van der Waals surface area contributed by atoms with Crippen LogP contribution in [0.1, 0.15) is 46.5 Å². The Morgan fingerprint density at radius 2 is 2.00 bits per heavy atom. The summed E-state index contributed by atoms with van der Waals surface area (Å²) in [6.07, 6.45) is 4.10. The minimum atomic E-state index is -0.454. The summed E-state index contributed by atoms with van der Waals surface area (Å²) in [6.45, 7) is 9.32. The molecule has 1 unspecified atom stereocenters. The summed E-state index contributed by atoms with van der Waals surface area (Å²) in [5, 5.41) is 6.23. The largest absolute Gasteiger partial charge is 0.444 e. The molecule has 0 aromatic rings. The van der Waals surface area contributed by atoms with Gasteiger partial charge in [-0.3, -0.25) is 0 Å². The van der Waals surface area contributed by atoms with Crippen molar-refractivity contribution in [2.45, 2.75) is 58.1 Å². The van der Waals surface area contributed by atoms with Crippen molar-refractivity contribution in [2.75, 3.05) is 40.0 Å². The third-order valence-corrected chi connectivity index (χ3v) is 3.50. The van der Waals surface area contributed by atoms with Crippen LogP contribution in [-0.2, 0) is 14.2 Å². The lowest BCUT2D eigenvalue weighted by molar-refractivity contribution is 0.0526. The van der Waals surface area contributed by atoms with Crippen molar-refractivity contribution in [1.82, 2.24) is 10.6 Å². The quantitative estimate of drug-likeness (QED) is 0.538. The SMILES string of the molecule is COCC(CCCNC(=O)OC(C)(C)C)NCCOCC1CC1. The Hall–Kier alpha value is -0.850. The van der Waals surface area contributed by atoms with Gasteiger partial charge in [-0.05, 0) is 52.4 Å². The molecule has 0 radical (unpaired) electrons. The predicted molar refractivity (Wildman–Crippen MR) is 90.7 cm³/mol. The first-order valence-electron chi connectivity index (χ1n) is 8.67. The fourth-order valence-electron chi connectivity index (χ4n) is 2.17. The molecule has 1 aliphatic rings. The molecular weight excluding hydrogens is 296 g/mol. The van der Waals surface area contributed by atoms with E-state index < -0.39 is 5.60 Å². The molecule has 0 aliphatic heterocycles. The van der Waals surface area contributed by atoms with Gasteiger partial charge in [0.2, 0.25) is 0 Å². The molecule has 0 aromatic heterocycles. The van der Waals surface area contributed by atoms with E-state index in [4.69, 9.17) is 14.2 Å². The molecule has 2 N–H and O–H groups in total. The van der Waals surface area contributed by atoms with E-state index >= 15 is 0 Å². The maximum atomic E-state index is 11.5. The van der Waals surface area contributed by atoms with Gasteiger partial charge in [0.25, 0.3) is 0 Å². The average Bonchev–Trinajstić information content (AvgIpc) is 3.25. The third-order valence-electron chi connectivity index (χ3n) is 3.50. The van der Waals surface area contributed by atoms with Gasteiger partial charge in [0.15, 0.2) is 0 Å². The van der Waals surface area contributed by atoms with Crippen LogP contribution in [-0.4, -0.2) is 57.8 Å². The van der Waals surface area contributed by atoms with Crippen LogP contribution >= 0.6 is 0 Å². The summed E-state index contributed by atoms with van der Waals surface area (Å²) in [6, 6.07) is 0.282. The van der Waals surface area contributed by atoms with Crippen LogP contribution < -0.4 is 10.6 Å². The first-order chi connectivity index (χ1) is 10.9. The van der Waals surface area contributed by atoms with E-state index in [0.717, 1.165) is 38.5 Å². The summed E-state index contributed by atoms with van der Waals surface area (Å²) in [5.41, 5.74) is -0.454. The Balaban J connectivity index is 2.03. The van der Waals surface area contributed by atoms with Crippen molar-refractivity contribution in [3.05, 3.63) is 0 Å². The van der Waals surface area contributed by atoms with Crippen LogP contribution in [0.25, 0.3) is 0 Å². The molecule has 1 fully saturated rings. The maximum absolute atomic E-state index is 11.5. The molecule has 1 saturated carbocycles. The van der Waals surface area contributed by atoms with E-state index in [2.05, 4.69) is 10.6 Å². The number of hydrogen-bond acceptors (Lipinski definition) is 5. The molecule has 23 heavy (non-hydrogen) atoms. The Labute approximate surface area is 140 Å². The van der Waals surface area contributed by atoms with Crippen LogP contribution in [0.4, 0.5) is 4.79 Å². The Kier molecular flexibility index (Phi) is 9.52. The molecule has 0 spiro atoms. The summed E-state index contributed by atoms with van der Waals surface area (Å²) >= 11 is 0. The molecule has 1 rings (SSSR count). The monoisotopic (exact) mass is 330 g/mol. The van der Waals surface area contributed by atoms with Gasteiger partial charge in [-0.1, -0.05) is 0 Å². The van der Waals surface area contributed by atoms with Crippen LogP contribution in [0.2, 0.25) is 0 Å². The van der Waals surface area contributed by atoms with Gasteiger partial charge in [-0.25, -0.2) is 4.79 Å². The van der Waals surface area contributed by atoms with E-state index in [1.54, 1.807) is 7.11 Å². The zero-order valence-corrected chi connectivity index (χ0v) is 15.2. The number of hydrogen-bond donors (Lipinski definition) is 2. The molecule has 6 nitrogen and oxygen atoms in total. The van der Waals surface area contributed by atoms with Crippen molar-refractivity contribution >= 4 is 6.09 Å². The van der Waals surface area contributed by atoms with Crippen molar-refractivity contribution in [1.29, 1.82) is 0 Å². The fraction of sp³-hybridized carbons (Fsp3) is 0.941. The van der Waals surface area contributed by atoms with E-state index in [1.807, 2.05) is 20.8 Å². The van der Waals surface area contributed by atoms with Crippen molar-refractivity contribution in [2.24, 2.45) is 5.92 Å². The lowest BCUT2D eigenvalue weighted by Gasteiger charge is -2.20. The molecule has 0 heterocycles. The van der Waals surface area contributed by atoms with Gasteiger partial charge in [-0.15, -0.1) is 0 Å². The molecule has 1 aliphatic carbocycles. The Bertz CT molecular complexity index is 327. The molecule has 1 atom stereocenters. The third kappa shape index (κ3) is 12.3. The first-order valence-corrected chi connectivity index (χ1v) is 8.67. The fourth-order valence-corrected chi connectivity index (χ4v) is 2.17. The first kappa shape index (κ1) is 20.2. The minimum absolute atomic E-state index is 0.282. The highest BCUT2D eigenvalue weighted by atomic mass is 16.6. The Morgan fingerprint density at radius 3 is 2.61 bits per heavy atom. The molecule has 1 amide bonds. The van der Waals surface area contributed by atoms with Gasteiger partial charge in [-0.2, -0.15) is 0 Å².